The van der Waals surface area contributed by atoms with Crippen LogP contribution in [0.2, 0.25) is 0 Å². The zero-order valence-corrected chi connectivity index (χ0v) is 11.2. The van der Waals surface area contributed by atoms with Gasteiger partial charge in [0.1, 0.15) is 6.10 Å². The van der Waals surface area contributed by atoms with Crippen molar-refractivity contribution in [2.75, 3.05) is 27.7 Å². The van der Waals surface area contributed by atoms with Gasteiger partial charge in [-0.15, -0.1) is 0 Å². The molecule has 0 aliphatic carbocycles. The number of carbonyl (C=O) groups is 2. The monoisotopic (exact) mass is 255 g/mol. The topological polar surface area (TPSA) is 61.9 Å². The number of carbonyl (C=O) groups excluding carboxylic acids is 2. The van der Waals surface area contributed by atoms with Crippen molar-refractivity contribution in [2.24, 2.45) is 0 Å². The number of hydrogen-bond acceptors (Lipinski definition) is 3. The molecular formula is C12H21N3O3. The summed E-state index contributed by atoms with van der Waals surface area (Å²) in [6.07, 6.45) is 1.98. The Morgan fingerprint density at radius 1 is 1.28 bits per heavy atom. The average molecular weight is 255 g/mol. The van der Waals surface area contributed by atoms with Crippen LogP contribution in [0.25, 0.3) is 0 Å². The predicted molar refractivity (Wildman–Crippen MR) is 66.2 cm³/mol. The second-order valence-electron chi connectivity index (χ2n) is 5.08. The van der Waals surface area contributed by atoms with Crippen LogP contribution < -0.4 is 5.32 Å². The van der Waals surface area contributed by atoms with Gasteiger partial charge in [-0.3, -0.25) is 4.79 Å². The van der Waals surface area contributed by atoms with Gasteiger partial charge in [0.2, 0.25) is 5.91 Å². The number of nitrogens with zero attached hydrogens (tertiary/aromatic N) is 2. The fourth-order valence-corrected chi connectivity index (χ4v) is 2.78. The summed E-state index contributed by atoms with van der Waals surface area (Å²) in [7, 11) is 5.13. The zero-order chi connectivity index (χ0) is 13.3. The molecule has 3 atom stereocenters. The second-order valence-corrected chi connectivity index (χ2v) is 5.08. The molecule has 2 rings (SSSR count). The molecule has 3 amide bonds. The van der Waals surface area contributed by atoms with E-state index in [0.29, 0.717) is 13.0 Å². The highest BCUT2D eigenvalue weighted by Crippen LogP contribution is 2.31. The van der Waals surface area contributed by atoms with Gasteiger partial charge in [0.05, 0.1) is 12.1 Å². The van der Waals surface area contributed by atoms with E-state index in [2.05, 4.69) is 5.32 Å². The van der Waals surface area contributed by atoms with Gasteiger partial charge >= 0.3 is 6.03 Å². The summed E-state index contributed by atoms with van der Waals surface area (Å²) in [5, 5.41) is 2.61. The molecule has 0 saturated carbocycles. The first-order valence-electron chi connectivity index (χ1n) is 6.39. The highest BCUT2D eigenvalue weighted by Gasteiger charge is 2.43. The molecule has 1 N–H and O–H groups in total. The third kappa shape index (κ3) is 2.29. The molecule has 2 aliphatic rings. The van der Waals surface area contributed by atoms with Crippen molar-refractivity contribution in [3.8, 4) is 0 Å². The van der Waals surface area contributed by atoms with Gasteiger partial charge < -0.3 is 19.9 Å². The average Bonchev–Trinajstić information content (AvgIpc) is 2.79. The Bertz CT molecular complexity index is 345. The maximum atomic E-state index is 12.0. The molecule has 2 fully saturated rings. The summed E-state index contributed by atoms with van der Waals surface area (Å²) >= 11 is 0. The fraction of sp³-hybridized carbons (Fsp3) is 0.833. The van der Waals surface area contributed by atoms with Crippen molar-refractivity contribution in [3.05, 3.63) is 0 Å². The van der Waals surface area contributed by atoms with E-state index in [1.807, 2.05) is 4.90 Å². The van der Waals surface area contributed by atoms with Crippen LogP contribution in [0.1, 0.15) is 19.3 Å². The van der Waals surface area contributed by atoms with Crippen molar-refractivity contribution in [1.29, 1.82) is 0 Å². The number of likely N-dealkylation sites (tertiary alicyclic amines) is 1. The Hall–Kier alpha value is -1.30. The maximum Gasteiger partial charge on any atom is 0.319 e. The zero-order valence-electron chi connectivity index (χ0n) is 11.2. The summed E-state index contributed by atoms with van der Waals surface area (Å²) in [6.45, 7) is 0.715. The van der Waals surface area contributed by atoms with E-state index < -0.39 is 0 Å². The molecule has 102 valence electrons. The smallest absolute Gasteiger partial charge is 0.319 e. The van der Waals surface area contributed by atoms with E-state index in [1.54, 1.807) is 26.0 Å². The maximum absolute atomic E-state index is 12.0. The van der Waals surface area contributed by atoms with Crippen LogP contribution in [-0.2, 0) is 9.53 Å². The van der Waals surface area contributed by atoms with Gasteiger partial charge in [-0.1, -0.05) is 0 Å². The fourth-order valence-electron chi connectivity index (χ4n) is 2.78. The molecule has 0 aromatic rings. The lowest BCUT2D eigenvalue weighted by Gasteiger charge is -2.36. The number of fused-ring (bicyclic) bond motifs is 1. The largest absolute Gasteiger partial charge is 0.363 e. The van der Waals surface area contributed by atoms with E-state index in [0.717, 1.165) is 12.8 Å². The van der Waals surface area contributed by atoms with E-state index in [4.69, 9.17) is 4.74 Å². The highest BCUT2D eigenvalue weighted by atomic mass is 16.5. The van der Waals surface area contributed by atoms with E-state index in [-0.39, 0.29) is 30.2 Å². The molecule has 6 heteroatoms. The van der Waals surface area contributed by atoms with Crippen LogP contribution in [0.4, 0.5) is 4.79 Å². The number of ether oxygens (including phenoxy) is 1. The van der Waals surface area contributed by atoms with Gasteiger partial charge in [-0.05, 0) is 19.3 Å². The molecule has 0 aromatic carbocycles. The first-order valence-corrected chi connectivity index (χ1v) is 6.39. The second kappa shape index (κ2) is 5.14. The molecular weight excluding hydrogens is 234 g/mol. The van der Waals surface area contributed by atoms with Crippen LogP contribution >= 0.6 is 0 Å². The summed E-state index contributed by atoms with van der Waals surface area (Å²) in [6, 6.07) is 0.158. The number of rotatable bonds is 1. The van der Waals surface area contributed by atoms with Gasteiger partial charge in [-0.25, -0.2) is 4.79 Å². The van der Waals surface area contributed by atoms with Crippen LogP contribution in [0, 0.1) is 0 Å². The molecule has 0 aromatic heterocycles. The number of urea groups is 1. The molecule has 0 bridgehead atoms. The molecule has 18 heavy (non-hydrogen) atoms. The number of nitrogens with one attached hydrogen (secondary N) is 1. The van der Waals surface area contributed by atoms with Crippen molar-refractivity contribution in [1.82, 2.24) is 15.1 Å². The number of amides is 3. The first-order chi connectivity index (χ1) is 8.54. The third-order valence-corrected chi connectivity index (χ3v) is 3.71. The number of hydrogen-bond donors (Lipinski definition) is 1. The number of likely N-dealkylation sites (N-methyl/N-ethyl adjacent to an activating group) is 1. The van der Waals surface area contributed by atoms with Gasteiger partial charge in [0.15, 0.2) is 0 Å². The minimum atomic E-state index is -0.356. The minimum Gasteiger partial charge on any atom is -0.363 e. The third-order valence-electron chi connectivity index (χ3n) is 3.71. The summed E-state index contributed by atoms with van der Waals surface area (Å²) < 4.78 is 5.80. The summed E-state index contributed by atoms with van der Waals surface area (Å²) in [5.74, 6) is -0.0640. The normalized spacial score (nSPS) is 30.8. The van der Waals surface area contributed by atoms with Crippen LogP contribution in [0.5, 0.6) is 0 Å². The lowest BCUT2D eigenvalue weighted by atomic mass is 9.99. The molecule has 6 nitrogen and oxygen atoms in total. The van der Waals surface area contributed by atoms with Crippen LogP contribution in [-0.4, -0.2) is 67.7 Å². The Morgan fingerprint density at radius 3 is 2.61 bits per heavy atom. The Labute approximate surface area is 107 Å². The van der Waals surface area contributed by atoms with Crippen molar-refractivity contribution in [3.63, 3.8) is 0 Å². The predicted octanol–water partition coefficient (Wildman–Crippen LogP) is 0.0359. The Morgan fingerprint density at radius 2 is 2.00 bits per heavy atom. The Kier molecular flexibility index (Phi) is 3.75. The molecule has 0 radical (unpaired) electrons. The van der Waals surface area contributed by atoms with Crippen molar-refractivity contribution < 1.29 is 14.3 Å². The standard InChI is InChI=1S/C12H21N3O3/c1-13-11(16)10-5-4-8-9(18-10)6-7-15(8)12(17)14(2)3/h8-10H,4-7H2,1-3H3,(H,13,16)/t8-,9-,10-/m0/s1. The van der Waals surface area contributed by atoms with Gasteiger partial charge in [0.25, 0.3) is 0 Å². The summed E-state index contributed by atoms with van der Waals surface area (Å²) in [4.78, 5) is 27.0. The molecule has 2 heterocycles. The van der Waals surface area contributed by atoms with Crippen molar-refractivity contribution in [2.45, 2.75) is 37.5 Å². The highest BCUT2D eigenvalue weighted by molar-refractivity contribution is 5.80. The minimum absolute atomic E-state index is 0.00458. The van der Waals surface area contributed by atoms with E-state index in [1.165, 1.54) is 0 Å². The molecule has 0 spiro atoms. The molecule has 2 saturated heterocycles. The van der Waals surface area contributed by atoms with E-state index in [9.17, 15) is 9.59 Å². The van der Waals surface area contributed by atoms with Gasteiger partial charge in [0, 0.05) is 27.7 Å². The lowest BCUT2D eigenvalue weighted by molar-refractivity contribution is -0.142. The van der Waals surface area contributed by atoms with E-state index >= 15 is 0 Å². The Balaban J connectivity index is 1.99. The van der Waals surface area contributed by atoms with Gasteiger partial charge in [-0.2, -0.15) is 0 Å². The summed E-state index contributed by atoms with van der Waals surface area (Å²) in [5.41, 5.74) is 0. The molecule has 2 aliphatic heterocycles. The van der Waals surface area contributed by atoms with Crippen LogP contribution in [0.3, 0.4) is 0 Å². The van der Waals surface area contributed by atoms with Crippen LogP contribution in [0.15, 0.2) is 0 Å². The molecule has 0 unspecified atom stereocenters. The lowest BCUT2D eigenvalue weighted by Crippen LogP contribution is -2.50. The quantitative estimate of drug-likeness (QED) is 0.719. The van der Waals surface area contributed by atoms with Crippen molar-refractivity contribution >= 4 is 11.9 Å². The SMILES string of the molecule is CNC(=O)[C@@H]1CC[C@H]2[C@H](CCN2C(=O)N(C)C)O1. The first kappa shape index (κ1) is 13.1.